The fourth-order valence-corrected chi connectivity index (χ4v) is 2.35. The molecule has 1 fully saturated rings. The molecule has 21 heavy (non-hydrogen) atoms. The van der Waals surface area contributed by atoms with Gasteiger partial charge in [0.15, 0.2) is 0 Å². The van der Waals surface area contributed by atoms with Crippen molar-refractivity contribution in [2.24, 2.45) is 0 Å². The van der Waals surface area contributed by atoms with E-state index >= 15 is 0 Å². The molecule has 0 bridgehead atoms. The summed E-state index contributed by atoms with van der Waals surface area (Å²) in [4.78, 5) is 26.7. The number of aromatic nitrogens is 3. The van der Waals surface area contributed by atoms with Crippen LogP contribution in [-0.4, -0.2) is 53.6 Å². The topological polar surface area (TPSA) is 92.3 Å². The third-order valence-corrected chi connectivity index (χ3v) is 3.27. The van der Waals surface area contributed by atoms with Gasteiger partial charge in [0, 0.05) is 20.1 Å². The lowest BCUT2D eigenvalue weighted by Gasteiger charge is -2.23. The predicted octanol–water partition coefficient (Wildman–Crippen LogP) is 0.417. The Morgan fingerprint density at radius 3 is 2.86 bits per heavy atom. The van der Waals surface area contributed by atoms with Gasteiger partial charge >= 0.3 is 6.01 Å². The van der Waals surface area contributed by atoms with Crippen LogP contribution in [0.15, 0.2) is 0 Å². The third-order valence-electron chi connectivity index (χ3n) is 3.27. The first-order valence-electron chi connectivity index (χ1n) is 7.30. The SMILES string of the molecule is CCNc1nc(OCC)nc(N2CCCC2C(=O)NC)n1. The molecule has 0 saturated carbocycles. The van der Waals surface area contributed by atoms with E-state index in [-0.39, 0.29) is 18.0 Å². The van der Waals surface area contributed by atoms with Crippen LogP contribution >= 0.6 is 0 Å². The summed E-state index contributed by atoms with van der Waals surface area (Å²) in [6, 6.07) is 0.0439. The van der Waals surface area contributed by atoms with Crippen molar-refractivity contribution in [2.75, 3.05) is 37.0 Å². The summed E-state index contributed by atoms with van der Waals surface area (Å²) in [6.45, 7) is 5.77. The van der Waals surface area contributed by atoms with Crippen molar-refractivity contribution in [3.8, 4) is 6.01 Å². The van der Waals surface area contributed by atoms with Crippen molar-refractivity contribution in [1.82, 2.24) is 20.3 Å². The lowest BCUT2D eigenvalue weighted by molar-refractivity contribution is -0.121. The molecule has 0 spiro atoms. The molecule has 2 heterocycles. The van der Waals surface area contributed by atoms with Crippen LogP contribution < -0.4 is 20.3 Å². The van der Waals surface area contributed by atoms with E-state index < -0.39 is 0 Å². The molecule has 1 unspecified atom stereocenters. The lowest BCUT2D eigenvalue weighted by Crippen LogP contribution is -2.42. The Labute approximate surface area is 124 Å². The minimum Gasteiger partial charge on any atom is -0.464 e. The monoisotopic (exact) mass is 294 g/mol. The first-order valence-corrected chi connectivity index (χ1v) is 7.30. The first kappa shape index (κ1) is 15.3. The standard InChI is InChI=1S/C13H22N6O2/c1-4-15-11-16-12(18-13(17-11)21-5-2)19-8-6-7-9(19)10(20)14-3/h9H,4-8H2,1-3H3,(H,14,20)(H,15,16,17,18). The first-order chi connectivity index (χ1) is 10.2. The molecule has 1 aliphatic heterocycles. The van der Waals surface area contributed by atoms with Crippen LogP contribution in [0.3, 0.4) is 0 Å². The summed E-state index contributed by atoms with van der Waals surface area (Å²) < 4.78 is 5.39. The Bertz CT molecular complexity index is 471. The Hall–Kier alpha value is -2.12. The molecule has 1 aliphatic rings. The lowest BCUT2D eigenvalue weighted by atomic mass is 10.2. The van der Waals surface area contributed by atoms with Crippen LogP contribution in [0, 0.1) is 0 Å². The molecule has 1 atom stereocenters. The number of carbonyl (C=O) groups is 1. The number of hydrogen-bond acceptors (Lipinski definition) is 7. The largest absolute Gasteiger partial charge is 0.464 e. The fraction of sp³-hybridized carbons (Fsp3) is 0.692. The van der Waals surface area contributed by atoms with Crippen LogP contribution in [0.4, 0.5) is 11.9 Å². The van der Waals surface area contributed by atoms with Crippen molar-refractivity contribution in [3.63, 3.8) is 0 Å². The number of nitrogens with one attached hydrogen (secondary N) is 2. The summed E-state index contributed by atoms with van der Waals surface area (Å²) in [5, 5.41) is 5.75. The maximum atomic E-state index is 11.9. The molecule has 1 aromatic rings. The second kappa shape index (κ2) is 7.05. The highest BCUT2D eigenvalue weighted by Crippen LogP contribution is 2.24. The number of carbonyl (C=O) groups excluding carboxylic acids is 1. The van der Waals surface area contributed by atoms with Crippen LogP contribution in [0.25, 0.3) is 0 Å². The maximum absolute atomic E-state index is 11.9. The van der Waals surface area contributed by atoms with Crippen LogP contribution in [0.5, 0.6) is 6.01 Å². The van der Waals surface area contributed by atoms with Gasteiger partial charge in [-0.25, -0.2) is 0 Å². The van der Waals surface area contributed by atoms with Gasteiger partial charge in [-0.1, -0.05) is 0 Å². The van der Waals surface area contributed by atoms with Crippen molar-refractivity contribution >= 4 is 17.8 Å². The van der Waals surface area contributed by atoms with Gasteiger partial charge in [-0.3, -0.25) is 4.79 Å². The van der Waals surface area contributed by atoms with Gasteiger partial charge in [0.1, 0.15) is 6.04 Å². The average molecular weight is 294 g/mol. The Morgan fingerprint density at radius 1 is 1.38 bits per heavy atom. The molecule has 8 heteroatoms. The second-order valence-corrected chi connectivity index (χ2v) is 4.67. The van der Waals surface area contributed by atoms with Gasteiger partial charge in [-0.05, 0) is 26.7 Å². The van der Waals surface area contributed by atoms with Gasteiger partial charge in [-0.15, -0.1) is 0 Å². The van der Waals surface area contributed by atoms with E-state index in [9.17, 15) is 4.79 Å². The van der Waals surface area contributed by atoms with E-state index in [1.54, 1.807) is 7.05 Å². The smallest absolute Gasteiger partial charge is 0.323 e. The molecule has 116 valence electrons. The summed E-state index contributed by atoms with van der Waals surface area (Å²) in [6.07, 6.45) is 1.73. The Morgan fingerprint density at radius 2 is 2.19 bits per heavy atom. The number of hydrogen-bond donors (Lipinski definition) is 2. The summed E-state index contributed by atoms with van der Waals surface area (Å²) >= 11 is 0. The molecular weight excluding hydrogens is 272 g/mol. The molecule has 2 N–H and O–H groups in total. The van der Waals surface area contributed by atoms with E-state index in [0.29, 0.717) is 25.0 Å². The van der Waals surface area contributed by atoms with E-state index in [1.165, 1.54) is 0 Å². The molecule has 0 aromatic carbocycles. The fourth-order valence-electron chi connectivity index (χ4n) is 2.35. The number of amides is 1. The van der Waals surface area contributed by atoms with Gasteiger partial charge in [0.25, 0.3) is 0 Å². The Kier molecular flexibility index (Phi) is 5.13. The Balaban J connectivity index is 2.30. The third kappa shape index (κ3) is 3.50. The molecular formula is C13H22N6O2. The second-order valence-electron chi connectivity index (χ2n) is 4.67. The van der Waals surface area contributed by atoms with E-state index in [2.05, 4.69) is 25.6 Å². The molecule has 0 radical (unpaired) electrons. The van der Waals surface area contributed by atoms with Crippen molar-refractivity contribution < 1.29 is 9.53 Å². The molecule has 1 amide bonds. The zero-order chi connectivity index (χ0) is 15.2. The number of anilines is 2. The van der Waals surface area contributed by atoms with Gasteiger partial charge < -0.3 is 20.3 Å². The normalized spacial score (nSPS) is 17.7. The highest BCUT2D eigenvalue weighted by molar-refractivity contribution is 5.85. The molecule has 0 aliphatic carbocycles. The minimum absolute atomic E-state index is 0.0177. The summed E-state index contributed by atoms with van der Waals surface area (Å²) in [5.41, 5.74) is 0. The van der Waals surface area contributed by atoms with E-state index in [4.69, 9.17) is 4.74 Å². The molecule has 8 nitrogen and oxygen atoms in total. The average Bonchev–Trinajstić information content (AvgIpc) is 2.96. The minimum atomic E-state index is -0.235. The molecule has 1 aromatic heterocycles. The van der Waals surface area contributed by atoms with Crippen LogP contribution in [-0.2, 0) is 4.79 Å². The van der Waals surface area contributed by atoms with Gasteiger partial charge in [0.2, 0.25) is 17.8 Å². The van der Waals surface area contributed by atoms with Gasteiger partial charge in [-0.2, -0.15) is 15.0 Å². The number of ether oxygens (including phenoxy) is 1. The number of likely N-dealkylation sites (N-methyl/N-ethyl adjacent to an activating group) is 1. The van der Waals surface area contributed by atoms with Crippen molar-refractivity contribution in [3.05, 3.63) is 0 Å². The summed E-state index contributed by atoms with van der Waals surface area (Å²) in [5.74, 6) is 0.930. The number of nitrogens with zero attached hydrogens (tertiary/aromatic N) is 4. The van der Waals surface area contributed by atoms with Gasteiger partial charge in [0.05, 0.1) is 6.61 Å². The molecule has 1 saturated heterocycles. The van der Waals surface area contributed by atoms with Crippen LogP contribution in [0.1, 0.15) is 26.7 Å². The van der Waals surface area contributed by atoms with Crippen molar-refractivity contribution in [2.45, 2.75) is 32.7 Å². The maximum Gasteiger partial charge on any atom is 0.323 e. The van der Waals surface area contributed by atoms with Crippen LogP contribution in [0.2, 0.25) is 0 Å². The van der Waals surface area contributed by atoms with E-state index in [0.717, 1.165) is 19.4 Å². The zero-order valence-corrected chi connectivity index (χ0v) is 12.7. The predicted molar refractivity (Wildman–Crippen MR) is 79.6 cm³/mol. The highest BCUT2D eigenvalue weighted by Gasteiger charge is 2.32. The van der Waals surface area contributed by atoms with Crippen molar-refractivity contribution in [1.29, 1.82) is 0 Å². The molecule has 2 rings (SSSR count). The number of rotatable bonds is 6. The zero-order valence-electron chi connectivity index (χ0n) is 12.7. The highest BCUT2D eigenvalue weighted by atomic mass is 16.5. The van der Waals surface area contributed by atoms with E-state index in [1.807, 2.05) is 18.7 Å². The summed E-state index contributed by atoms with van der Waals surface area (Å²) in [7, 11) is 1.64. The quantitative estimate of drug-likeness (QED) is 0.785.